The van der Waals surface area contributed by atoms with Gasteiger partial charge in [0, 0.05) is 23.0 Å². The summed E-state index contributed by atoms with van der Waals surface area (Å²) in [6.07, 6.45) is -1.57. The van der Waals surface area contributed by atoms with E-state index in [0.29, 0.717) is 11.5 Å². The zero-order valence-corrected chi connectivity index (χ0v) is 26.6. The molecule has 0 spiro atoms. The summed E-state index contributed by atoms with van der Waals surface area (Å²) in [7, 11) is 0. The van der Waals surface area contributed by atoms with Gasteiger partial charge in [-0.25, -0.2) is 0 Å². The first kappa shape index (κ1) is 33.7. The highest BCUT2D eigenvalue weighted by molar-refractivity contribution is 7.99. The van der Waals surface area contributed by atoms with E-state index >= 15 is 0 Å². The fraction of sp³-hybridized carbons (Fsp3) is 0.438. The van der Waals surface area contributed by atoms with Crippen LogP contribution in [0.1, 0.15) is 31.9 Å². The van der Waals surface area contributed by atoms with Gasteiger partial charge in [0.1, 0.15) is 18.8 Å². The van der Waals surface area contributed by atoms with Crippen molar-refractivity contribution in [3.63, 3.8) is 0 Å². The van der Waals surface area contributed by atoms with Crippen LogP contribution in [0.25, 0.3) is 0 Å². The molecule has 2 aromatic carbocycles. The molecule has 0 aliphatic carbocycles. The lowest BCUT2D eigenvalue weighted by molar-refractivity contribution is -0.140. The number of nitrogens with one attached hydrogen (secondary N) is 2. The van der Waals surface area contributed by atoms with Crippen LogP contribution in [0.5, 0.6) is 0 Å². The fourth-order valence-electron chi connectivity index (χ4n) is 5.13. The van der Waals surface area contributed by atoms with E-state index in [-0.39, 0.29) is 36.4 Å². The summed E-state index contributed by atoms with van der Waals surface area (Å²) in [5.41, 5.74) is 4.38. The second-order valence-corrected chi connectivity index (χ2v) is 13.1. The van der Waals surface area contributed by atoms with Gasteiger partial charge >= 0.3 is 0 Å². The van der Waals surface area contributed by atoms with Crippen molar-refractivity contribution in [3.8, 4) is 0 Å². The standard InChI is InChI=1S/C32H38N3O7S2/c1-20-31(3,26(36)14-41-20)34-28(38)24(18-43-16-22-10-6-4-7-11-22)25(19-44-17-23-12-8-5-9-13-23)29(39)35-32(30(33)40)21(2)42-15-27(32)37/h4-13,20-21,25H,14-19H2,1-3H3,(H2,33,40)(H,34,38)(H,35,39). The SMILES string of the molecule is CC1OCC(=O)C1(C)NC(=O)[C](CSCc1ccccc1)C(CSCc1ccccc1)C(=O)NC1(C(N)=O)C(=O)COC1C. The second-order valence-electron chi connectivity index (χ2n) is 11.1. The van der Waals surface area contributed by atoms with E-state index in [1.807, 2.05) is 60.7 Å². The Bertz CT molecular complexity index is 1360. The van der Waals surface area contributed by atoms with Crippen molar-refractivity contribution >= 4 is 52.8 Å². The van der Waals surface area contributed by atoms with E-state index in [2.05, 4.69) is 10.6 Å². The third-order valence-electron chi connectivity index (χ3n) is 8.25. The van der Waals surface area contributed by atoms with E-state index in [4.69, 9.17) is 15.2 Å². The smallest absolute Gasteiger partial charge is 0.253 e. The molecule has 5 unspecified atom stereocenters. The van der Waals surface area contributed by atoms with Crippen LogP contribution in [-0.2, 0) is 45.0 Å². The van der Waals surface area contributed by atoms with Gasteiger partial charge in [-0.2, -0.15) is 23.5 Å². The molecule has 1 radical (unpaired) electrons. The van der Waals surface area contributed by atoms with Crippen molar-refractivity contribution in [3.05, 3.63) is 77.7 Å². The molecule has 2 saturated heterocycles. The molecular formula is C32H38N3O7S2. The number of primary amides is 1. The Morgan fingerprint density at radius 2 is 1.41 bits per heavy atom. The van der Waals surface area contributed by atoms with E-state index in [0.717, 1.165) is 11.1 Å². The number of ether oxygens (including phenoxy) is 2. The van der Waals surface area contributed by atoms with Crippen LogP contribution in [0.2, 0.25) is 0 Å². The van der Waals surface area contributed by atoms with Crippen LogP contribution in [-0.4, -0.2) is 77.3 Å². The summed E-state index contributed by atoms with van der Waals surface area (Å²) in [6.45, 7) is 4.31. The highest BCUT2D eigenvalue weighted by Crippen LogP contribution is 2.32. The predicted molar refractivity (Wildman–Crippen MR) is 169 cm³/mol. The number of thioether (sulfide) groups is 2. The number of hydrogen-bond acceptors (Lipinski definition) is 9. The van der Waals surface area contributed by atoms with Crippen molar-refractivity contribution in [2.75, 3.05) is 24.7 Å². The van der Waals surface area contributed by atoms with Gasteiger partial charge in [-0.1, -0.05) is 60.7 Å². The number of rotatable bonds is 14. The third kappa shape index (κ3) is 7.36. The van der Waals surface area contributed by atoms with Gasteiger partial charge in [0.05, 0.1) is 24.0 Å². The number of carbonyl (C=O) groups is 5. The Hall–Kier alpha value is -3.19. The summed E-state index contributed by atoms with van der Waals surface area (Å²) in [5, 5.41) is 5.46. The summed E-state index contributed by atoms with van der Waals surface area (Å²) in [6, 6.07) is 19.3. The van der Waals surface area contributed by atoms with Gasteiger partial charge in [0.2, 0.25) is 17.4 Å². The molecule has 235 valence electrons. The second kappa shape index (κ2) is 14.7. The monoisotopic (exact) mass is 640 g/mol. The van der Waals surface area contributed by atoms with Crippen molar-refractivity contribution in [1.82, 2.24) is 10.6 Å². The molecule has 2 aromatic rings. The molecule has 0 saturated carbocycles. The molecule has 4 N–H and O–H groups in total. The summed E-state index contributed by atoms with van der Waals surface area (Å²) >= 11 is 2.87. The lowest BCUT2D eigenvalue weighted by atomic mass is 9.86. The summed E-state index contributed by atoms with van der Waals surface area (Å²) < 4.78 is 10.9. The van der Waals surface area contributed by atoms with Crippen molar-refractivity contribution in [2.45, 2.75) is 55.6 Å². The Kier molecular flexibility index (Phi) is 11.3. The fourth-order valence-corrected chi connectivity index (χ4v) is 7.35. The predicted octanol–water partition coefficient (Wildman–Crippen LogP) is 2.23. The molecule has 2 aliphatic rings. The topological polar surface area (TPSA) is 154 Å². The zero-order valence-electron chi connectivity index (χ0n) is 25.0. The number of hydrogen-bond donors (Lipinski definition) is 3. The lowest BCUT2D eigenvalue weighted by Crippen LogP contribution is -2.67. The maximum Gasteiger partial charge on any atom is 0.253 e. The van der Waals surface area contributed by atoms with Gasteiger partial charge in [-0.15, -0.1) is 0 Å². The lowest BCUT2D eigenvalue weighted by Gasteiger charge is -2.34. The van der Waals surface area contributed by atoms with Crippen LogP contribution in [0.15, 0.2) is 60.7 Å². The minimum atomic E-state index is -2.06. The number of nitrogens with two attached hydrogens (primary N) is 1. The number of ketones is 2. The summed E-state index contributed by atoms with van der Waals surface area (Å²) in [5.74, 6) is -2.68. The third-order valence-corrected chi connectivity index (χ3v) is 10.4. The highest BCUT2D eigenvalue weighted by atomic mass is 32.2. The number of Topliss-reactive ketones (excluding diaryl/α,β-unsaturated/α-hetero) is 2. The Morgan fingerprint density at radius 3 is 1.91 bits per heavy atom. The molecule has 44 heavy (non-hydrogen) atoms. The van der Waals surface area contributed by atoms with Crippen LogP contribution in [0.4, 0.5) is 0 Å². The first-order chi connectivity index (χ1) is 21.0. The van der Waals surface area contributed by atoms with Gasteiger partial charge in [-0.05, 0) is 31.9 Å². The van der Waals surface area contributed by atoms with Gasteiger partial charge in [-0.3, -0.25) is 24.0 Å². The van der Waals surface area contributed by atoms with Crippen molar-refractivity contribution in [2.24, 2.45) is 11.7 Å². The Morgan fingerprint density at radius 1 is 0.864 bits per heavy atom. The van der Waals surface area contributed by atoms with E-state index in [1.165, 1.54) is 30.4 Å². The molecule has 5 atom stereocenters. The first-order valence-electron chi connectivity index (χ1n) is 14.3. The Labute approximate surface area is 265 Å². The van der Waals surface area contributed by atoms with E-state index in [9.17, 15) is 24.0 Å². The Balaban J connectivity index is 1.64. The zero-order chi connectivity index (χ0) is 31.9. The molecule has 3 amide bonds. The molecule has 4 rings (SSSR count). The number of carbonyl (C=O) groups excluding carboxylic acids is 5. The maximum absolute atomic E-state index is 14.1. The molecule has 2 heterocycles. The van der Waals surface area contributed by atoms with Crippen molar-refractivity contribution < 1.29 is 33.4 Å². The number of amides is 3. The van der Waals surface area contributed by atoms with Crippen LogP contribution in [0, 0.1) is 11.8 Å². The molecule has 0 bridgehead atoms. The summed E-state index contributed by atoms with van der Waals surface area (Å²) in [4.78, 5) is 66.5. The minimum Gasteiger partial charge on any atom is -0.368 e. The normalized spacial score (nSPS) is 25.6. The van der Waals surface area contributed by atoms with Crippen LogP contribution in [0.3, 0.4) is 0 Å². The molecule has 2 aliphatic heterocycles. The molecule has 0 aromatic heterocycles. The molecule has 10 nitrogen and oxygen atoms in total. The van der Waals surface area contributed by atoms with Gasteiger partial charge in [0.25, 0.3) is 5.91 Å². The van der Waals surface area contributed by atoms with Crippen LogP contribution < -0.4 is 16.4 Å². The molecule has 12 heteroatoms. The van der Waals surface area contributed by atoms with Crippen molar-refractivity contribution in [1.29, 1.82) is 0 Å². The molecular weight excluding hydrogens is 603 g/mol. The molecule has 2 fully saturated rings. The maximum atomic E-state index is 14.1. The number of benzene rings is 2. The van der Waals surface area contributed by atoms with Gasteiger partial charge in [0.15, 0.2) is 11.6 Å². The van der Waals surface area contributed by atoms with Gasteiger partial charge < -0.3 is 25.8 Å². The van der Waals surface area contributed by atoms with Crippen LogP contribution >= 0.6 is 23.5 Å². The van der Waals surface area contributed by atoms with E-state index < -0.39 is 52.7 Å². The average molecular weight is 641 g/mol. The van der Waals surface area contributed by atoms with E-state index in [1.54, 1.807) is 13.8 Å². The minimum absolute atomic E-state index is 0.131. The largest absolute Gasteiger partial charge is 0.368 e. The quantitative estimate of drug-likeness (QED) is 0.264. The first-order valence-corrected chi connectivity index (χ1v) is 16.6. The average Bonchev–Trinajstić information content (AvgIpc) is 3.44. The highest BCUT2D eigenvalue weighted by Gasteiger charge is 2.56.